The zero-order chi connectivity index (χ0) is 25.5. The largest absolute Gasteiger partial charge is 0.444 e. The zero-order valence-electron chi connectivity index (χ0n) is 21.6. The molecule has 0 bridgehead atoms. The minimum absolute atomic E-state index is 0.103. The summed E-state index contributed by atoms with van der Waals surface area (Å²) in [6.07, 6.45) is 6.17. The molecule has 1 aliphatic carbocycles. The van der Waals surface area contributed by atoms with Gasteiger partial charge in [0, 0.05) is 12.6 Å². The Morgan fingerprint density at radius 2 is 1.74 bits per heavy atom. The van der Waals surface area contributed by atoms with Gasteiger partial charge in [-0.25, -0.2) is 4.79 Å². The van der Waals surface area contributed by atoms with Crippen LogP contribution in [0, 0.1) is 13.8 Å². The number of nitrogens with zero attached hydrogens (tertiary/aromatic N) is 1. The summed E-state index contributed by atoms with van der Waals surface area (Å²) in [6, 6.07) is 4.22. The lowest BCUT2D eigenvalue weighted by Crippen LogP contribution is -2.53. The molecule has 2 rings (SSSR count). The van der Waals surface area contributed by atoms with Gasteiger partial charge in [-0.2, -0.15) is 0 Å². The third-order valence-corrected chi connectivity index (χ3v) is 6.04. The number of ether oxygens (including phenoxy) is 1. The molecular weight excluding hydrogens is 430 g/mol. The summed E-state index contributed by atoms with van der Waals surface area (Å²) in [5.74, 6) is -0.582. The van der Waals surface area contributed by atoms with Gasteiger partial charge in [0.2, 0.25) is 11.8 Å². The molecule has 188 valence electrons. The molecule has 2 N–H and O–H groups in total. The summed E-state index contributed by atoms with van der Waals surface area (Å²) in [4.78, 5) is 41.1. The molecule has 7 heteroatoms. The smallest absolute Gasteiger partial charge is 0.408 e. The monoisotopic (exact) mass is 471 g/mol. The van der Waals surface area contributed by atoms with Gasteiger partial charge < -0.3 is 20.3 Å². The van der Waals surface area contributed by atoms with E-state index >= 15 is 0 Å². The summed E-state index contributed by atoms with van der Waals surface area (Å²) >= 11 is 0. The topological polar surface area (TPSA) is 87.7 Å². The molecule has 2 unspecified atom stereocenters. The number of alkyl carbamates (subject to hydrolysis) is 1. The third-order valence-electron chi connectivity index (χ3n) is 6.04. The van der Waals surface area contributed by atoms with Gasteiger partial charge in [0.1, 0.15) is 17.7 Å². The predicted octanol–water partition coefficient (Wildman–Crippen LogP) is 4.72. The molecule has 0 radical (unpaired) electrons. The van der Waals surface area contributed by atoms with Gasteiger partial charge in [-0.05, 0) is 71.1 Å². The Kier molecular flexibility index (Phi) is 9.71. The quantitative estimate of drug-likeness (QED) is 0.537. The SMILES string of the molecule is C=CCN(C(=O)C(C)NC(=O)OC(C)(C)C)C(C(=O)NC1CCCCC1)c1c(C)cccc1C. The molecule has 0 heterocycles. The van der Waals surface area contributed by atoms with E-state index in [-0.39, 0.29) is 24.4 Å². The van der Waals surface area contributed by atoms with Crippen molar-refractivity contribution in [3.8, 4) is 0 Å². The first-order chi connectivity index (χ1) is 15.9. The lowest BCUT2D eigenvalue weighted by molar-refractivity contribution is -0.141. The molecular formula is C27H41N3O4. The number of aryl methyl sites for hydroxylation is 2. The average Bonchev–Trinajstić information content (AvgIpc) is 2.74. The van der Waals surface area contributed by atoms with E-state index in [4.69, 9.17) is 4.74 Å². The van der Waals surface area contributed by atoms with Gasteiger partial charge in [0.25, 0.3) is 0 Å². The molecule has 2 atom stereocenters. The minimum atomic E-state index is -0.885. The highest BCUT2D eigenvalue weighted by Gasteiger charge is 2.36. The van der Waals surface area contributed by atoms with Crippen LogP contribution in [0.1, 0.15) is 82.5 Å². The van der Waals surface area contributed by atoms with Gasteiger partial charge in [-0.1, -0.05) is 43.5 Å². The first-order valence-corrected chi connectivity index (χ1v) is 12.2. The van der Waals surface area contributed by atoms with Crippen LogP contribution in [0.25, 0.3) is 0 Å². The fourth-order valence-electron chi connectivity index (χ4n) is 4.47. The van der Waals surface area contributed by atoms with Crippen molar-refractivity contribution in [1.29, 1.82) is 0 Å². The number of carbonyl (C=O) groups excluding carboxylic acids is 3. The summed E-state index contributed by atoms with van der Waals surface area (Å²) in [5.41, 5.74) is 1.97. The Labute approximate surface area is 204 Å². The Morgan fingerprint density at radius 3 is 2.26 bits per heavy atom. The highest BCUT2D eigenvalue weighted by atomic mass is 16.6. The van der Waals surface area contributed by atoms with Crippen molar-refractivity contribution in [1.82, 2.24) is 15.5 Å². The van der Waals surface area contributed by atoms with Crippen molar-refractivity contribution in [2.24, 2.45) is 0 Å². The third kappa shape index (κ3) is 7.61. The van der Waals surface area contributed by atoms with Crippen molar-refractivity contribution >= 4 is 17.9 Å². The molecule has 0 aromatic heterocycles. The standard InChI is InChI=1S/C27H41N3O4/c1-8-17-30(25(32)20(4)28-26(33)34-27(5,6)7)23(22-18(2)13-12-14-19(22)3)24(31)29-21-15-10-9-11-16-21/h8,12-14,20-21,23H,1,9-11,15-17H2,2-7H3,(H,28,33)(H,29,31). The Morgan fingerprint density at radius 1 is 1.15 bits per heavy atom. The summed E-state index contributed by atoms with van der Waals surface area (Å²) in [5, 5.41) is 5.81. The summed E-state index contributed by atoms with van der Waals surface area (Å²) in [7, 11) is 0. The van der Waals surface area contributed by atoms with E-state index in [1.807, 2.05) is 32.0 Å². The lowest BCUT2D eigenvalue weighted by Gasteiger charge is -2.35. The van der Waals surface area contributed by atoms with Crippen LogP contribution >= 0.6 is 0 Å². The molecule has 1 fully saturated rings. The van der Waals surface area contributed by atoms with Crippen LogP contribution in [0.3, 0.4) is 0 Å². The van der Waals surface area contributed by atoms with Gasteiger partial charge >= 0.3 is 6.09 Å². The van der Waals surface area contributed by atoms with Gasteiger partial charge in [-0.3, -0.25) is 9.59 Å². The predicted molar refractivity (Wildman–Crippen MR) is 134 cm³/mol. The second-order valence-corrected chi connectivity index (χ2v) is 10.2. The molecule has 0 aliphatic heterocycles. The molecule has 1 aliphatic rings. The average molecular weight is 472 g/mol. The fraction of sp³-hybridized carbons (Fsp3) is 0.593. The molecule has 1 aromatic carbocycles. The Balaban J connectivity index is 2.39. The molecule has 3 amide bonds. The van der Waals surface area contributed by atoms with Crippen molar-refractivity contribution < 1.29 is 19.1 Å². The Hall–Kier alpha value is -2.83. The number of benzene rings is 1. The number of rotatable bonds is 8. The van der Waals surface area contributed by atoms with Crippen molar-refractivity contribution in [2.45, 2.75) is 97.4 Å². The fourth-order valence-corrected chi connectivity index (χ4v) is 4.47. The first kappa shape index (κ1) is 27.4. The molecule has 0 saturated heterocycles. The van der Waals surface area contributed by atoms with E-state index in [9.17, 15) is 14.4 Å². The maximum atomic E-state index is 13.7. The number of hydrogen-bond acceptors (Lipinski definition) is 4. The van der Waals surface area contributed by atoms with E-state index < -0.39 is 23.8 Å². The Bertz CT molecular complexity index is 864. The van der Waals surface area contributed by atoms with Crippen LogP contribution in [0.2, 0.25) is 0 Å². The van der Waals surface area contributed by atoms with E-state index in [0.717, 1.165) is 42.4 Å². The number of nitrogens with one attached hydrogen (secondary N) is 2. The lowest BCUT2D eigenvalue weighted by atomic mass is 9.92. The normalized spacial score (nSPS) is 16.2. The highest BCUT2D eigenvalue weighted by Crippen LogP contribution is 2.29. The first-order valence-electron chi connectivity index (χ1n) is 12.2. The molecule has 34 heavy (non-hydrogen) atoms. The molecule has 1 aromatic rings. The van der Waals surface area contributed by atoms with Gasteiger partial charge in [-0.15, -0.1) is 6.58 Å². The van der Waals surface area contributed by atoms with Crippen molar-refractivity contribution in [3.05, 3.63) is 47.5 Å². The summed E-state index contributed by atoms with van der Waals surface area (Å²) in [6.45, 7) is 14.7. The number of hydrogen-bond donors (Lipinski definition) is 2. The van der Waals surface area contributed by atoms with Crippen LogP contribution < -0.4 is 10.6 Å². The summed E-state index contributed by atoms with van der Waals surface area (Å²) < 4.78 is 5.31. The highest BCUT2D eigenvalue weighted by molar-refractivity contribution is 5.92. The zero-order valence-corrected chi connectivity index (χ0v) is 21.6. The number of amides is 3. The van der Waals surface area contributed by atoms with Crippen LogP contribution in [-0.2, 0) is 14.3 Å². The molecule has 7 nitrogen and oxygen atoms in total. The minimum Gasteiger partial charge on any atom is -0.444 e. The maximum absolute atomic E-state index is 13.7. The van der Waals surface area contributed by atoms with Gasteiger partial charge in [0.05, 0.1) is 0 Å². The van der Waals surface area contributed by atoms with Crippen LogP contribution in [-0.4, -0.2) is 47.0 Å². The van der Waals surface area contributed by atoms with Crippen molar-refractivity contribution in [2.75, 3.05) is 6.54 Å². The van der Waals surface area contributed by atoms with E-state index in [1.165, 1.54) is 11.3 Å². The van der Waals surface area contributed by atoms with Crippen LogP contribution in [0.5, 0.6) is 0 Å². The van der Waals surface area contributed by atoms with E-state index in [1.54, 1.807) is 33.8 Å². The van der Waals surface area contributed by atoms with Crippen LogP contribution in [0.15, 0.2) is 30.9 Å². The van der Waals surface area contributed by atoms with Gasteiger partial charge in [0.15, 0.2) is 0 Å². The second kappa shape index (κ2) is 12.0. The number of carbonyl (C=O) groups is 3. The van der Waals surface area contributed by atoms with E-state index in [0.29, 0.717) is 0 Å². The van der Waals surface area contributed by atoms with Crippen LogP contribution in [0.4, 0.5) is 4.79 Å². The second-order valence-electron chi connectivity index (χ2n) is 10.2. The maximum Gasteiger partial charge on any atom is 0.408 e. The molecule has 0 spiro atoms. The van der Waals surface area contributed by atoms with E-state index in [2.05, 4.69) is 17.2 Å². The molecule has 1 saturated carbocycles. The van der Waals surface area contributed by atoms with Crippen molar-refractivity contribution in [3.63, 3.8) is 0 Å².